The van der Waals surface area contributed by atoms with Crippen LogP contribution in [-0.2, 0) is 18.4 Å². The highest BCUT2D eigenvalue weighted by atomic mass is 32.2. The Kier molecular flexibility index (Phi) is 5.33. The van der Waals surface area contributed by atoms with Gasteiger partial charge in [-0.15, -0.1) is 0 Å². The third-order valence-corrected chi connectivity index (χ3v) is 4.70. The van der Waals surface area contributed by atoms with Crippen LogP contribution in [-0.4, -0.2) is 21.2 Å². The van der Waals surface area contributed by atoms with E-state index >= 15 is 0 Å². The van der Waals surface area contributed by atoms with Crippen molar-refractivity contribution in [2.24, 2.45) is 7.05 Å². The van der Waals surface area contributed by atoms with Crippen molar-refractivity contribution < 1.29 is 4.79 Å². The van der Waals surface area contributed by atoms with Gasteiger partial charge in [0.15, 0.2) is 5.16 Å². The summed E-state index contributed by atoms with van der Waals surface area (Å²) in [6.45, 7) is 0.560. The van der Waals surface area contributed by atoms with Crippen molar-refractivity contribution in [3.8, 4) is 0 Å². The molecule has 1 amide bonds. The Morgan fingerprint density at radius 3 is 2.38 bits per heavy atom. The molecule has 0 unspecified atom stereocenters. The maximum atomic E-state index is 12.8. The monoisotopic (exact) mass is 337 g/mol. The number of nitrogens with zero attached hydrogens (tertiary/aromatic N) is 3. The molecule has 3 rings (SSSR count). The molecule has 0 radical (unpaired) electrons. The molecule has 0 N–H and O–H groups in total. The highest BCUT2D eigenvalue weighted by molar-refractivity contribution is 7.99. The van der Waals surface area contributed by atoms with Gasteiger partial charge in [-0.2, -0.15) is 0 Å². The maximum absolute atomic E-state index is 12.8. The Hall–Kier alpha value is -2.53. The van der Waals surface area contributed by atoms with Crippen LogP contribution in [0.3, 0.4) is 0 Å². The van der Waals surface area contributed by atoms with Crippen molar-refractivity contribution in [2.45, 2.75) is 11.7 Å². The fourth-order valence-corrected chi connectivity index (χ4v) is 3.20. The van der Waals surface area contributed by atoms with E-state index in [4.69, 9.17) is 0 Å². The lowest BCUT2D eigenvalue weighted by Crippen LogP contribution is -2.32. The number of para-hydroxylation sites is 1. The van der Waals surface area contributed by atoms with Crippen LogP contribution < -0.4 is 4.90 Å². The lowest BCUT2D eigenvalue weighted by Gasteiger charge is -2.23. The van der Waals surface area contributed by atoms with Gasteiger partial charge in [0, 0.05) is 25.1 Å². The molecule has 24 heavy (non-hydrogen) atoms. The fraction of sp³-hybridized carbons (Fsp3) is 0.158. The molecule has 122 valence electrons. The van der Waals surface area contributed by atoms with Crippen LogP contribution in [0.4, 0.5) is 5.69 Å². The summed E-state index contributed by atoms with van der Waals surface area (Å²) in [7, 11) is 1.93. The Bertz CT molecular complexity index is 787. The van der Waals surface area contributed by atoms with E-state index in [1.165, 1.54) is 11.8 Å². The Balaban J connectivity index is 1.76. The molecule has 0 spiro atoms. The average molecular weight is 337 g/mol. The Labute approximate surface area is 146 Å². The smallest absolute Gasteiger partial charge is 0.237 e. The van der Waals surface area contributed by atoms with Gasteiger partial charge in [0.1, 0.15) is 0 Å². The quantitative estimate of drug-likeness (QED) is 0.643. The second-order valence-electron chi connectivity index (χ2n) is 5.41. The van der Waals surface area contributed by atoms with Crippen molar-refractivity contribution in [2.75, 3.05) is 10.7 Å². The lowest BCUT2D eigenvalue weighted by molar-refractivity contribution is -0.116. The number of amides is 1. The molecule has 0 aliphatic rings. The largest absolute Gasteiger partial charge is 0.329 e. The molecule has 5 heteroatoms. The fourth-order valence-electron chi connectivity index (χ4n) is 2.39. The highest BCUT2D eigenvalue weighted by Crippen LogP contribution is 2.21. The molecule has 1 heterocycles. The summed E-state index contributed by atoms with van der Waals surface area (Å²) in [5.41, 5.74) is 2.02. The van der Waals surface area contributed by atoms with E-state index in [1.54, 1.807) is 6.20 Å². The van der Waals surface area contributed by atoms with Crippen LogP contribution in [0, 0.1) is 0 Å². The molecule has 3 aromatic rings. The second kappa shape index (κ2) is 7.84. The van der Waals surface area contributed by atoms with Crippen LogP contribution in [0.5, 0.6) is 0 Å². The number of imidazole rings is 1. The van der Waals surface area contributed by atoms with Crippen LogP contribution in [0.25, 0.3) is 0 Å². The third kappa shape index (κ3) is 4.06. The summed E-state index contributed by atoms with van der Waals surface area (Å²) in [5.74, 6) is 0.421. The number of anilines is 1. The molecule has 4 nitrogen and oxygen atoms in total. The van der Waals surface area contributed by atoms with Crippen LogP contribution in [0.2, 0.25) is 0 Å². The molecule has 0 aliphatic heterocycles. The van der Waals surface area contributed by atoms with Crippen molar-refractivity contribution in [1.82, 2.24) is 9.55 Å². The van der Waals surface area contributed by atoms with Gasteiger partial charge in [0.05, 0.1) is 12.3 Å². The number of hydrogen-bond acceptors (Lipinski definition) is 3. The zero-order valence-corrected chi connectivity index (χ0v) is 14.3. The van der Waals surface area contributed by atoms with Gasteiger partial charge in [0.25, 0.3) is 0 Å². The molecule has 1 aromatic heterocycles. The third-order valence-electron chi connectivity index (χ3n) is 3.65. The van der Waals surface area contributed by atoms with Gasteiger partial charge >= 0.3 is 0 Å². The van der Waals surface area contributed by atoms with Gasteiger partial charge in [-0.25, -0.2) is 4.98 Å². The number of carbonyl (C=O) groups excluding carboxylic acids is 1. The molecule has 0 bridgehead atoms. The molecule has 0 fully saturated rings. The minimum absolute atomic E-state index is 0.0676. The van der Waals surface area contributed by atoms with E-state index in [1.807, 2.05) is 83.4 Å². The number of thioether (sulfide) groups is 1. The summed E-state index contributed by atoms with van der Waals surface area (Å²) >= 11 is 1.46. The maximum Gasteiger partial charge on any atom is 0.237 e. The first-order valence-corrected chi connectivity index (χ1v) is 8.72. The zero-order chi connectivity index (χ0) is 16.8. The van der Waals surface area contributed by atoms with Crippen molar-refractivity contribution in [3.05, 3.63) is 78.6 Å². The standard InChI is InChI=1S/C19H19N3OS/c1-21-13-12-20-19(21)24-15-18(23)22(17-10-6-3-7-11-17)14-16-8-4-2-5-9-16/h2-13H,14-15H2,1H3. The van der Waals surface area contributed by atoms with Crippen LogP contribution in [0.1, 0.15) is 5.56 Å². The van der Waals surface area contributed by atoms with Gasteiger partial charge in [0.2, 0.25) is 5.91 Å². The van der Waals surface area contributed by atoms with E-state index in [-0.39, 0.29) is 5.91 Å². The first-order valence-electron chi connectivity index (χ1n) is 7.73. The number of rotatable bonds is 6. The van der Waals surface area contributed by atoms with Crippen molar-refractivity contribution in [3.63, 3.8) is 0 Å². The van der Waals surface area contributed by atoms with E-state index in [9.17, 15) is 4.79 Å². The van der Waals surface area contributed by atoms with E-state index in [0.29, 0.717) is 12.3 Å². The van der Waals surface area contributed by atoms with E-state index in [0.717, 1.165) is 16.4 Å². The van der Waals surface area contributed by atoms with E-state index < -0.39 is 0 Å². The van der Waals surface area contributed by atoms with Gasteiger partial charge < -0.3 is 9.47 Å². The molecule has 0 aliphatic carbocycles. The first-order chi connectivity index (χ1) is 11.7. The summed E-state index contributed by atoms with van der Waals surface area (Å²) in [4.78, 5) is 18.9. The highest BCUT2D eigenvalue weighted by Gasteiger charge is 2.17. The van der Waals surface area contributed by atoms with Gasteiger partial charge in [-0.3, -0.25) is 4.79 Å². The molecular weight excluding hydrogens is 318 g/mol. The predicted molar refractivity (Wildman–Crippen MR) is 98.0 cm³/mol. The van der Waals surface area contributed by atoms with E-state index in [2.05, 4.69) is 4.98 Å². The first kappa shape index (κ1) is 16.3. The SMILES string of the molecule is Cn1ccnc1SCC(=O)N(Cc1ccccc1)c1ccccc1. The number of aryl methyl sites for hydroxylation is 1. The van der Waals surface area contributed by atoms with Gasteiger partial charge in [-0.05, 0) is 17.7 Å². The lowest BCUT2D eigenvalue weighted by atomic mass is 10.2. The summed E-state index contributed by atoms with van der Waals surface area (Å²) in [5, 5.41) is 0.844. The topological polar surface area (TPSA) is 38.1 Å². The average Bonchev–Trinajstić information content (AvgIpc) is 3.04. The normalized spacial score (nSPS) is 10.5. The van der Waals surface area contributed by atoms with Crippen molar-refractivity contribution in [1.29, 1.82) is 0 Å². The number of benzene rings is 2. The Morgan fingerprint density at radius 2 is 1.75 bits per heavy atom. The summed E-state index contributed by atoms with van der Waals surface area (Å²) in [6.07, 6.45) is 3.62. The summed E-state index contributed by atoms with van der Waals surface area (Å²) < 4.78 is 1.92. The Morgan fingerprint density at radius 1 is 1.08 bits per heavy atom. The minimum atomic E-state index is 0.0676. The van der Waals surface area contributed by atoms with Gasteiger partial charge in [-0.1, -0.05) is 60.3 Å². The number of carbonyl (C=O) groups is 1. The number of aromatic nitrogens is 2. The zero-order valence-electron chi connectivity index (χ0n) is 13.5. The second-order valence-corrected chi connectivity index (χ2v) is 6.35. The minimum Gasteiger partial charge on any atom is -0.329 e. The molecule has 0 saturated heterocycles. The molecule has 2 aromatic carbocycles. The van der Waals surface area contributed by atoms with Crippen LogP contribution >= 0.6 is 11.8 Å². The summed E-state index contributed by atoms with van der Waals surface area (Å²) in [6, 6.07) is 19.8. The molecule has 0 atom stereocenters. The predicted octanol–water partition coefficient (Wildman–Crippen LogP) is 3.75. The molecule has 0 saturated carbocycles. The van der Waals surface area contributed by atoms with Crippen LogP contribution in [0.15, 0.2) is 78.2 Å². The van der Waals surface area contributed by atoms with Crippen molar-refractivity contribution >= 4 is 23.4 Å². The number of hydrogen-bond donors (Lipinski definition) is 0. The molecular formula is C19H19N3OS.